The highest BCUT2D eigenvalue weighted by atomic mass is 16.5. The van der Waals surface area contributed by atoms with Crippen LogP contribution in [-0.2, 0) is 4.79 Å². The molecule has 0 unspecified atom stereocenters. The molecule has 1 fully saturated rings. The topological polar surface area (TPSA) is 54.9 Å². The molecule has 2 rings (SSSR count). The lowest BCUT2D eigenvalue weighted by Crippen LogP contribution is -2.96. The number of methoxy groups -OCH3 is 1. The van der Waals surface area contributed by atoms with Crippen molar-refractivity contribution in [2.75, 3.05) is 12.4 Å². The lowest BCUT2D eigenvalue weighted by molar-refractivity contribution is -0.707. The van der Waals surface area contributed by atoms with Crippen LogP contribution in [0.5, 0.6) is 5.75 Å². The number of nitrogens with two attached hydrogens (primary N) is 1. The quantitative estimate of drug-likeness (QED) is 0.879. The normalized spacial score (nSPS) is 18.1. The average molecular weight is 305 g/mol. The highest BCUT2D eigenvalue weighted by Crippen LogP contribution is 2.16. The van der Waals surface area contributed by atoms with Gasteiger partial charge >= 0.3 is 0 Å². The second-order valence-electron chi connectivity index (χ2n) is 6.30. The van der Waals surface area contributed by atoms with E-state index >= 15 is 0 Å². The van der Waals surface area contributed by atoms with Crippen molar-refractivity contribution in [2.24, 2.45) is 0 Å². The molecule has 22 heavy (non-hydrogen) atoms. The lowest BCUT2D eigenvalue weighted by Gasteiger charge is -2.21. The van der Waals surface area contributed by atoms with Gasteiger partial charge in [-0.25, -0.2) is 0 Å². The fourth-order valence-electron chi connectivity index (χ4n) is 3.11. The molecule has 3 N–H and O–H groups in total. The molecular formula is C18H29N2O2+. The third kappa shape index (κ3) is 5.34. The van der Waals surface area contributed by atoms with Gasteiger partial charge in [0.05, 0.1) is 13.2 Å². The van der Waals surface area contributed by atoms with Gasteiger partial charge in [0.1, 0.15) is 5.75 Å². The molecule has 0 heterocycles. The van der Waals surface area contributed by atoms with Gasteiger partial charge in [0.15, 0.2) is 6.04 Å². The Morgan fingerprint density at radius 1 is 1.14 bits per heavy atom. The zero-order valence-electron chi connectivity index (χ0n) is 13.8. The predicted molar refractivity (Wildman–Crippen MR) is 89.1 cm³/mol. The molecule has 4 nitrogen and oxygen atoms in total. The SMILES string of the molecule is COc1ccc(NC(=O)[C@H](C)[NH2+]C2CCCCCCC2)cc1. The summed E-state index contributed by atoms with van der Waals surface area (Å²) in [5.41, 5.74) is 0.823. The molecule has 0 aliphatic heterocycles. The molecule has 1 amide bonds. The van der Waals surface area contributed by atoms with Crippen molar-refractivity contribution < 1.29 is 14.8 Å². The number of benzene rings is 1. The maximum atomic E-state index is 12.3. The van der Waals surface area contributed by atoms with Crippen LogP contribution in [0.2, 0.25) is 0 Å². The zero-order chi connectivity index (χ0) is 15.8. The van der Waals surface area contributed by atoms with Crippen LogP contribution >= 0.6 is 0 Å². The molecule has 1 aromatic carbocycles. The summed E-state index contributed by atoms with van der Waals surface area (Å²) in [5, 5.41) is 5.24. The first-order valence-corrected chi connectivity index (χ1v) is 8.49. The van der Waals surface area contributed by atoms with Gasteiger partial charge in [-0.1, -0.05) is 19.3 Å². The summed E-state index contributed by atoms with van der Waals surface area (Å²) in [6.07, 6.45) is 9.13. The fourth-order valence-corrected chi connectivity index (χ4v) is 3.11. The van der Waals surface area contributed by atoms with Gasteiger partial charge in [-0.15, -0.1) is 0 Å². The number of quaternary nitrogens is 1. The zero-order valence-corrected chi connectivity index (χ0v) is 13.8. The maximum absolute atomic E-state index is 12.3. The van der Waals surface area contributed by atoms with Gasteiger partial charge in [0.25, 0.3) is 5.91 Å². The molecule has 0 saturated heterocycles. The molecule has 0 spiro atoms. The molecule has 0 aromatic heterocycles. The first kappa shape index (κ1) is 16.8. The molecule has 1 saturated carbocycles. The predicted octanol–water partition coefficient (Wildman–Crippen LogP) is 2.70. The number of ether oxygens (including phenoxy) is 1. The summed E-state index contributed by atoms with van der Waals surface area (Å²) >= 11 is 0. The third-order valence-corrected chi connectivity index (χ3v) is 4.48. The van der Waals surface area contributed by atoms with E-state index in [4.69, 9.17) is 4.74 Å². The number of carbonyl (C=O) groups excluding carboxylic acids is 1. The molecule has 0 bridgehead atoms. The van der Waals surface area contributed by atoms with Crippen molar-refractivity contribution in [3.05, 3.63) is 24.3 Å². The molecule has 1 aromatic rings. The Kier molecular flexibility index (Phi) is 6.72. The Morgan fingerprint density at radius 2 is 1.73 bits per heavy atom. The Labute approximate surface area is 133 Å². The van der Waals surface area contributed by atoms with Gasteiger partial charge in [-0.3, -0.25) is 4.79 Å². The highest BCUT2D eigenvalue weighted by Gasteiger charge is 2.22. The molecule has 122 valence electrons. The number of nitrogens with one attached hydrogen (secondary N) is 1. The summed E-state index contributed by atoms with van der Waals surface area (Å²) in [6, 6.07) is 8.01. The van der Waals surface area contributed by atoms with Crippen LogP contribution in [0.15, 0.2) is 24.3 Å². The van der Waals surface area contributed by atoms with E-state index < -0.39 is 0 Å². The van der Waals surface area contributed by atoms with E-state index in [0.29, 0.717) is 6.04 Å². The van der Waals surface area contributed by atoms with Crippen LogP contribution in [0, 0.1) is 0 Å². The van der Waals surface area contributed by atoms with Crippen LogP contribution < -0.4 is 15.4 Å². The van der Waals surface area contributed by atoms with Gasteiger partial charge < -0.3 is 15.4 Å². The number of hydrogen-bond acceptors (Lipinski definition) is 2. The van der Waals surface area contributed by atoms with Crippen molar-refractivity contribution in [2.45, 2.75) is 64.0 Å². The van der Waals surface area contributed by atoms with E-state index in [0.717, 1.165) is 11.4 Å². The smallest absolute Gasteiger partial charge is 0.282 e. The lowest BCUT2D eigenvalue weighted by atomic mass is 9.96. The Hall–Kier alpha value is -1.55. The van der Waals surface area contributed by atoms with E-state index in [9.17, 15) is 4.79 Å². The summed E-state index contributed by atoms with van der Waals surface area (Å²) in [6.45, 7) is 2.00. The van der Waals surface area contributed by atoms with Crippen LogP contribution in [0.3, 0.4) is 0 Å². The van der Waals surface area contributed by atoms with Crippen molar-refractivity contribution in [1.82, 2.24) is 0 Å². The number of hydrogen-bond donors (Lipinski definition) is 2. The minimum Gasteiger partial charge on any atom is -0.497 e. The Balaban J connectivity index is 1.82. The summed E-state index contributed by atoms with van der Waals surface area (Å²) in [5.74, 6) is 0.874. The fraction of sp³-hybridized carbons (Fsp3) is 0.611. The van der Waals surface area contributed by atoms with Crippen molar-refractivity contribution >= 4 is 11.6 Å². The second kappa shape index (κ2) is 8.79. The number of amides is 1. The standard InChI is InChI=1S/C18H28N2O2/c1-14(19-15-8-6-4-3-5-7-9-15)18(21)20-16-10-12-17(22-2)13-11-16/h10-15,19H,3-9H2,1-2H3,(H,20,21)/p+1/t14-/m0/s1. The number of carbonyl (C=O) groups is 1. The molecular weight excluding hydrogens is 276 g/mol. The van der Waals surface area contributed by atoms with Crippen LogP contribution in [0.4, 0.5) is 5.69 Å². The van der Waals surface area contributed by atoms with E-state index in [2.05, 4.69) is 10.6 Å². The monoisotopic (exact) mass is 305 g/mol. The third-order valence-electron chi connectivity index (χ3n) is 4.48. The summed E-state index contributed by atoms with van der Waals surface area (Å²) in [4.78, 5) is 12.3. The van der Waals surface area contributed by atoms with Crippen molar-refractivity contribution in [1.29, 1.82) is 0 Å². The van der Waals surface area contributed by atoms with Crippen molar-refractivity contribution in [3.63, 3.8) is 0 Å². The number of rotatable bonds is 5. The minimum absolute atomic E-state index is 0.0495. The maximum Gasteiger partial charge on any atom is 0.282 e. The van der Waals surface area contributed by atoms with E-state index in [1.807, 2.05) is 31.2 Å². The summed E-state index contributed by atoms with van der Waals surface area (Å²) in [7, 11) is 1.64. The average Bonchev–Trinajstić information content (AvgIpc) is 2.50. The van der Waals surface area contributed by atoms with Gasteiger partial charge in [0.2, 0.25) is 0 Å². The highest BCUT2D eigenvalue weighted by molar-refractivity contribution is 5.93. The summed E-state index contributed by atoms with van der Waals surface area (Å²) < 4.78 is 5.13. The Bertz CT molecular complexity index is 451. The first-order valence-electron chi connectivity index (χ1n) is 8.49. The number of anilines is 1. The van der Waals surface area contributed by atoms with E-state index in [1.165, 1.54) is 44.9 Å². The second-order valence-corrected chi connectivity index (χ2v) is 6.30. The van der Waals surface area contributed by atoms with E-state index in [-0.39, 0.29) is 11.9 Å². The van der Waals surface area contributed by atoms with Crippen LogP contribution in [0.25, 0.3) is 0 Å². The molecule has 4 heteroatoms. The van der Waals surface area contributed by atoms with Crippen LogP contribution in [-0.4, -0.2) is 25.1 Å². The van der Waals surface area contributed by atoms with Gasteiger partial charge in [0, 0.05) is 5.69 Å². The van der Waals surface area contributed by atoms with Gasteiger partial charge in [-0.2, -0.15) is 0 Å². The van der Waals surface area contributed by atoms with E-state index in [1.54, 1.807) is 7.11 Å². The first-order chi connectivity index (χ1) is 10.7. The molecule has 1 aliphatic rings. The Morgan fingerprint density at radius 3 is 2.32 bits per heavy atom. The largest absolute Gasteiger partial charge is 0.497 e. The van der Waals surface area contributed by atoms with Crippen LogP contribution in [0.1, 0.15) is 51.9 Å². The van der Waals surface area contributed by atoms with Crippen molar-refractivity contribution in [3.8, 4) is 5.75 Å². The molecule has 1 atom stereocenters. The molecule has 0 radical (unpaired) electrons. The minimum atomic E-state index is -0.0495. The van der Waals surface area contributed by atoms with Gasteiger partial charge in [-0.05, 0) is 56.9 Å². The molecule has 1 aliphatic carbocycles.